The van der Waals surface area contributed by atoms with Gasteiger partial charge in [0.25, 0.3) is 17.5 Å². The van der Waals surface area contributed by atoms with Crippen LogP contribution in [0.5, 0.6) is 0 Å². The number of para-hydroxylation sites is 1. The molecule has 2 amide bonds. The maximum atomic E-state index is 11.6. The SMILES string of the molecule is O=C(O)C=CC(=O)NNC(=O)c1ccccc1[N+](=O)[O-]. The summed E-state index contributed by atoms with van der Waals surface area (Å²) in [5, 5.41) is 19.0. The quantitative estimate of drug-likeness (QED) is 0.402. The fourth-order valence-electron chi connectivity index (χ4n) is 1.20. The van der Waals surface area contributed by atoms with Crippen LogP contribution in [0.4, 0.5) is 5.69 Å². The van der Waals surface area contributed by atoms with E-state index in [1.165, 1.54) is 18.2 Å². The van der Waals surface area contributed by atoms with E-state index in [1.54, 1.807) is 0 Å². The highest BCUT2D eigenvalue weighted by Gasteiger charge is 2.19. The number of nitro benzene ring substituents is 1. The lowest BCUT2D eigenvalue weighted by molar-refractivity contribution is -0.385. The van der Waals surface area contributed by atoms with Crippen LogP contribution >= 0.6 is 0 Å². The summed E-state index contributed by atoms with van der Waals surface area (Å²) in [6.07, 6.45) is 1.26. The normalized spacial score (nSPS) is 10.0. The zero-order valence-electron chi connectivity index (χ0n) is 9.90. The van der Waals surface area contributed by atoms with Crippen LogP contribution < -0.4 is 10.9 Å². The number of carbonyl (C=O) groups excluding carboxylic acids is 2. The van der Waals surface area contributed by atoms with E-state index >= 15 is 0 Å². The number of aliphatic carboxylic acids is 1. The summed E-state index contributed by atoms with van der Waals surface area (Å²) < 4.78 is 0. The standard InChI is InChI=1S/C11H9N3O6/c15-9(5-6-10(16)17)12-13-11(18)7-3-1-2-4-8(7)14(19)20/h1-6H,(H,12,15)(H,13,18)(H,16,17). The number of hydrogen-bond acceptors (Lipinski definition) is 5. The van der Waals surface area contributed by atoms with Crippen molar-refractivity contribution >= 4 is 23.5 Å². The average Bonchev–Trinajstić information content (AvgIpc) is 2.42. The summed E-state index contributed by atoms with van der Waals surface area (Å²) in [7, 11) is 0. The predicted molar refractivity (Wildman–Crippen MR) is 65.5 cm³/mol. The van der Waals surface area contributed by atoms with Crippen molar-refractivity contribution in [3.05, 3.63) is 52.1 Å². The van der Waals surface area contributed by atoms with E-state index < -0.39 is 28.4 Å². The van der Waals surface area contributed by atoms with Crippen molar-refractivity contribution in [1.82, 2.24) is 10.9 Å². The van der Waals surface area contributed by atoms with Gasteiger partial charge in [-0.15, -0.1) is 0 Å². The van der Waals surface area contributed by atoms with Gasteiger partial charge in [-0.05, 0) is 6.07 Å². The van der Waals surface area contributed by atoms with Gasteiger partial charge in [-0.25, -0.2) is 4.79 Å². The number of carboxylic acids is 1. The molecule has 1 aromatic rings. The molecule has 1 rings (SSSR count). The second kappa shape index (κ2) is 6.64. The molecule has 0 aliphatic carbocycles. The number of carbonyl (C=O) groups is 3. The lowest BCUT2D eigenvalue weighted by atomic mass is 10.2. The third-order valence-electron chi connectivity index (χ3n) is 2.02. The van der Waals surface area contributed by atoms with Gasteiger partial charge in [-0.1, -0.05) is 12.1 Å². The van der Waals surface area contributed by atoms with E-state index in [9.17, 15) is 24.5 Å². The molecule has 0 saturated heterocycles. The molecular weight excluding hydrogens is 270 g/mol. The fourth-order valence-corrected chi connectivity index (χ4v) is 1.20. The minimum Gasteiger partial charge on any atom is -0.478 e. The molecule has 0 unspecified atom stereocenters. The molecule has 0 atom stereocenters. The molecule has 1 aromatic carbocycles. The molecule has 9 nitrogen and oxygen atoms in total. The van der Waals surface area contributed by atoms with Crippen LogP contribution in [0.3, 0.4) is 0 Å². The first-order valence-corrected chi connectivity index (χ1v) is 5.16. The predicted octanol–water partition coefficient (Wildman–Crippen LogP) is -0.00340. The monoisotopic (exact) mass is 279 g/mol. The summed E-state index contributed by atoms with van der Waals surface area (Å²) in [5.74, 6) is -3.11. The number of nitrogens with zero attached hydrogens (tertiary/aromatic N) is 1. The molecule has 0 aromatic heterocycles. The Hall–Kier alpha value is -3.23. The Labute approximate surface area is 112 Å². The van der Waals surface area contributed by atoms with Crippen molar-refractivity contribution in [2.75, 3.05) is 0 Å². The summed E-state index contributed by atoms with van der Waals surface area (Å²) in [5.41, 5.74) is 3.17. The molecule has 20 heavy (non-hydrogen) atoms. The van der Waals surface area contributed by atoms with Gasteiger partial charge < -0.3 is 5.11 Å². The van der Waals surface area contributed by atoms with Gasteiger partial charge in [0.2, 0.25) is 0 Å². The summed E-state index contributed by atoms with van der Waals surface area (Å²) in [4.78, 5) is 42.9. The topological polar surface area (TPSA) is 139 Å². The zero-order valence-corrected chi connectivity index (χ0v) is 9.90. The number of hydrazine groups is 1. The van der Waals surface area contributed by atoms with Gasteiger partial charge in [0.15, 0.2) is 0 Å². The van der Waals surface area contributed by atoms with Crippen molar-refractivity contribution in [3.8, 4) is 0 Å². The first-order valence-electron chi connectivity index (χ1n) is 5.16. The molecule has 0 fully saturated rings. The number of amides is 2. The molecule has 9 heteroatoms. The Morgan fingerprint density at radius 3 is 2.40 bits per heavy atom. The van der Waals surface area contributed by atoms with Crippen LogP contribution in [-0.2, 0) is 9.59 Å². The van der Waals surface area contributed by atoms with Crippen LogP contribution in [0, 0.1) is 10.1 Å². The van der Waals surface area contributed by atoms with E-state index in [1.807, 2.05) is 10.9 Å². The highest BCUT2D eigenvalue weighted by atomic mass is 16.6. The fraction of sp³-hybridized carbons (Fsp3) is 0. The van der Waals surface area contributed by atoms with Gasteiger partial charge in [0.05, 0.1) is 4.92 Å². The number of rotatable bonds is 4. The lowest BCUT2D eigenvalue weighted by Crippen LogP contribution is -2.41. The van der Waals surface area contributed by atoms with Crippen molar-refractivity contribution < 1.29 is 24.4 Å². The van der Waals surface area contributed by atoms with Crippen molar-refractivity contribution in [1.29, 1.82) is 0 Å². The Bertz CT molecular complexity index is 596. The Kier molecular flexibility index (Phi) is 4.92. The molecule has 0 heterocycles. The van der Waals surface area contributed by atoms with Crippen molar-refractivity contribution in [2.24, 2.45) is 0 Å². The molecule has 3 N–H and O–H groups in total. The first kappa shape index (κ1) is 14.8. The number of hydrogen-bond donors (Lipinski definition) is 3. The van der Waals surface area contributed by atoms with E-state index in [0.29, 0.717) is 12.2 Å². The minimum atomic E-state index is -1.33. The third-order valence-corrected chi connectivity index (χ3v) is 2.02. The second-order valence-corrected chi connectivity index (χ2v) is 3.39. The van der Waals surface area contributed by atoms with Crippen LogP contribution in [0.15, 0.2) is 36.4 Å². The maximum Gasteiger partial charge on any atom is 0.328 e. The van der Waals surface area contributed by atoms with E-state index in [2.05, 4.69) is 0 Å². The van der Waals surface area contributed by atoms with Crippen LogP contribution in [-0.4, -0.2) is 27.8 Å². The molecule has 0 bridgehead atoms. The Morgan fingerprint density at radius 1 is 1.15 bits per heavy atom. The highest BCUT2D eigenvalue weighted by Crippen LogP contribution is 2.16. The summed E-state index contributed by atoms with van der Waals surface area (Å²) in [6, 6.07) is 5.17. The smallest absolute Gasteiger partial charge is 0.328 e. The first-order chi connectivity index (χ1) is 9.41. The Morgan fingerprint density at radius 2 is 1.80 bits per heavy atom. The molecular formula is C11H9N3O6. The second-order valence-electron chi connectivity index (χ2n) is 3.39. The van der Waals surface area contributed by atoms with E-state index in [-0.39, 0.29) is 5.56 Å². The molecule has 0 spiro atoms. The molecule has 104 valence electrons. The van der Waals surface area contributed by atoms with E-state index in [0.717, 1.165) is 6.07 Å². The van der Waals surface area contributed by atoms with E-state index in [4.69, 9.17) is 5.11 Å². The van der Waals surface area contributed by atoms with Crippen LogP contribution in [0.2, 0.25) is 0 Å². The third kappa shape index (κ3) is 4.22. The molecule has 0 aliphatic heterocycles. The van der Waals surface area contributed by atoms with Gasteiger partial charge in [-0.3, -0.25) is 30.6 Å². The summed E-state index contributed by atoms with van der Waals surface area (Å²) >= 11 is 0. The maximum absolute atomic E-state index is 11.6. The van der Waals surface area contributed by atoms with Crippen LogP contribution in [0.1, 0.15) is 10.4 Å². The average molecular weight is 279 g/mol. The van der Waals surface area contributed by atoms with Gasteiger partial charge in [0.1, 0.15) is 5.56 Å². The minimum absolute atomic E-state index is 0.236. The Balaban J connectivity index is 2.71. The number of nitro groups is 1. The largest absolute Gasteiger partial charge is 0.478 e. The number of carboxylic acid groups (broad SMARTS) is 1. The van der Waals surface area contributed by atoms with Crippen molar-refractivity contribution in [3.63, 3.8) is 0 Å². The van der Waals surface area contributed by atoms with Gasteiger partial charge in [-0.2, -0.15) is 0 Å². The molecule has 0 radical (unpaired) electrons. The molecule has 0 saturated carbocycles. The number of benzene rings is 1. The van der Waals surface area contributed by atoms with Gasteiger partial charge in [0, 0.05) is 18.2 Å². The summed E-state index contributed by atoms with van der Waals surface area (Å²) in [6.45, 7) is 0. The molecule has 0 aliphatic rings. The highest BCUT2D eigenvalue weighted by molar-refractivity contribution is 6.00. The zero-order chi connectivity index (χ0) is 15.1. The number of nitrogens with one attached hydrogen (secondary N) is 2. The van der Waals surface area contributed by atoms with Crippen LogP contribution in [0.25, 0.3) is 0 Å². The van der Waals surface area contributed by atoms with Gasteiger partial charge >= 0.3 is 5.97 Å². The van der Waals surface area contributed by atoms with Crippen molar-refractivity contribution in [2.45, 2.75) is 0 Å². The lowest BCUT2D eigenvalue weighted by Gasteiger charge is -2.05.